The summed E-state index contributed by atoms with van der Waals surface area (Å²) in [6.07, 6.45) is -3.11. The van der Waals surface area contributed by atoms with Gasteiger partial charge in [0.05, 0.1) is 21.3 Å². The van der Waals surface area contributed by atoms with Crippen molar-refractivity contribution >= 4 is 56.7 Å². The molecule has 0 amide bonds. The molecule has 0 saturated heterocycles. The lowest BCUT2D eigenvalue weighted by atomic mass is 10.0. The minimum Gasteiger partial charge on any atom is -0.475 e. The van der Waals surface area contributed by atoms with Crippen molar-refractivity contribution in [1.29, 1.82) is 0 Å². The molecule has 3 heterocycles. The van der Waals surface area contributed by atoms with Crippen LogP contribution in [0.4, 0.5) is 24.9 Å². The van der Waals surface area contributed by atoms with Crippen LogP contribution in [0.3, 0.4) is 0 Å². The number of anilines is 2. The predicted molar refractivity (Wildman–Crippen MR) is 112 cm³/mol. The summed E-state index contributed by atoms with van der Waals surface area (Å²) >= 11 is 1.47. The number of carboxylic acid groups (broad SMARTS) is 1. The van der Waals surface area contributed by atoms with E-state index in [0.29, 0.717) is 11.3 Å². The number of aromatic nitrogens is 3. The quantitative estimate of drug-likeness (QED) is 0.394. The molecule has 0 unspecified atom stereocenters. The van der Waals surface area contributed by atoms with Crippen LogP contribution >= 0.6 is 11.3 Å². The number of benzene rings is 1. The van der Waals surface area contributed by atoms with Crippen LogP contribution in [0.2, 0.25) is 0 Å². The van der Waals surface area contributed by atoms with Gasteiger partial charge in [0.1, 0.15) is 5.82 Å². The van der Waals surface area contributed by atoms with E-state index in [0.717, 1.165) is 31.6 Å². The van der Waals surface area contributed by atoms with Crippen LogP contribution in [0, 0.1) is 0 Å². The number of carbonyl (C=O) groups excluding carboxylic acids is 1. The first kappa shape index (κ1) is 22.0. The largest absolute Gasteiger partial charge is 0.490 e. The number of nitrogen functional groups attached to an aromatic ring is 2. The molecule has 0 aliphatic rings. The number of hydrogen-bond acceptors (Lipinski definition) is 7. The van der Waals surface area contributed by atoms with Crippen LogP contribution < -0.4 is 11.5 Å². The Kier molecular flexibility index (Phi) is 5.59. The summed E-state index contributed by atoms with van der Waals surface area (Å²) in [5.74, 6) is -2.17. The van der Waals surface area contributed by atoms with Gasteiger partial charge in [-0.2, -0.15) is 18.2 Å². The lowest BCUT2D eigenvalue weighted by Crippen LogP contribution is -2.21. The van der Waals surface area contributed by atoms with E-state index in [4.69, 9.17) is 21.4 Å². The number of Topliss-reactive ketones (excluding diaryl/α,β-unsaturated/α-hetero) is 1. The molecule has 31 heavy (non-hydrogen) atoms. The average molecular weight is 451 g/mol. The van der Waals surface area contributed by atoms with Crippen LogP contribution in [-0.4, -0.2) is 37.6 Å². The minimum atomic E-state index is -5.08. The standard InChI is InChI=1S/C17H15N5OS.C2HF3O2/c1-8(23)12-3-4-13(24-12)10-7-11-14(16(18)21-17(19)20-11)9-5-6-22(2)15(9)10;3-2(4,5)1(6)7/h3-7H,1-2H3,(H4,18,19,20,21);(H,6,7). The van der Waals surface area contributed by atoms with E-state index < -0.39 is 12.1 Å². The summed E-state index contributed by atoms with van der Waals surface area (Å²) in [6, 6.07) is 7.77. The Labute approximate surface area is 176 Å². The SMILES string of the molecule is CC(=O)c1ccc(-c2cc3nc(N)nc(N)c3c3ccn(C)c23)s1.O=C(O)C(F)(F)F. The van der Waals surface area contributed by atoms with E-state index in [1.165, 1.54) is 11.3 Å². The van der Waals surface area contributed by atoms with Crippen molar-refractivity contribution in [2.75, 3.05) is 11.5 Å². The fraction of sp³-hybridized carbons (Fsp3) is 0.158. The van der Waals surface area contributed by atoms with Crippen molar-refractivity contribution in [3.8, 4) is 10.4 Å². The Balaban J connectivity index is 0.000000339. The molecule has 4 aromatic rings. The number of rotatable bonds is 2. The summed E-state index contributed by atoms with van der Waals surface area (Å²) in [6.45, 7) is 1.57. The fourth-order valence-electron chi connectivity index (χ4n) is 3.03. The number of carbonyl (C=O) groups is 2. The van der Waals surface area contributed by atoms with Gasteiger partial charge < -0.3 is 21.1 Å². The second-order valence-corrected chi connectivity index (χ2v) is 7.58. The van der Waals surface area contributed by atoms with Crippen molar-refractivity contribution in [1.82, 2.24) is 14.5 Å². The molecule has 8 nitrogen and oxygen atoms in total. The Morgan fingerprint density at radius 1 is 1.16 bits per heavy atom. The zero-order valence-electron chi connectivity index (χ0n) is 16.2. The van der Waals surface area contributed by atoms with E-state index in [2.05, 4.69) is 9.97 Å². The number of halogens is 3. The summed E-state index contributed by atoms with van der Waals surface area (Å²) in [4.78, 5) is 30.7. The first-order valence-electron chi connectivity index (χ1n) is 8.62. The number of thiophene rings is 1. The van der Waals surface area contributed by atoms with Gasteiger partial charge in [0, 0.05) is 29.1 Å². The first-order valence-corrected chi connectivity index (χ1v) is 9.43. The molecule has 3 aromatic heterocycles. The third kappa shape index (κ3) is 4.28. The maximum atomic E-state index is 11.6. The second kappa shape index (κ2) is 7.87. The number of aryl methyl sites for hydroxylation is 1. The number of carboxylic acids is 1. The van der Waals surface area contributed by atoms with Crippen LogP contribution in [-0.2, 0) is 11.8 Å². The van der Waals surface area contributed by atoms with Gasteiger partial charge in [-0.15, -0.1) is 11.3 Å². The van der Waals surface area contributed by atoms with Crippen molar-refractivity contribution in [2.45, 2.75) is 13.1 Å². The molecule has 1 aromatic carbocycles. The maximum absolute atomic E-state index is 11.6. The fourth-order valence-corrected chi connectivity index (χ4v) is 3.94. The van der Waals surface area contributed by atoms with Crippen molar-refractivity contribution in [3.63, 3.8) is 0 Å². The summed E-state index contributed by atoms with van der Waals surface area (Å²) in [5, 5.41) is 8.90. The van der Waals surface area contributed by atoms with Crippen LogP contribution in [0.15, 0.2) is 30.5 Å². The highest BCUT2D eigenvalue weighted by Crippen LogP contribution is 2.39. The van der Waals surface area contributed by atoms with Crippen molar-refractivity contribution in [3.05, 3.63) is 35.3 Å². The number of aliphatic carboxylic acids is 1. The van der Waals surface area contributed by atoms with Gasteiger partial charge in [0.25, 0.3) is 0 Å². The molecule has 162 valence electrons. The third-order valence-electron chi connectivity index (χ3n) is 4.32. The minimum absolute atomic E-state index is 0.0611. The van der Waals surface area contributed by atoms with E-state index in [-0.39, 0.29) is 11.7 Å². The number of alkyl halides is 3. The number of nitrogens with zero attached hydrogens (tertiary/aromatic N) is 3. The van der Waals surface area contributed by atoms with Gasteiger partial charge in [0.15, 0.2) is 5.78 Å². The number of ketones is 1. The highest BCUT2D eigenvalue weighted by atomic mass is 32.1. The zero-order chi connectivity index (χ0) is 23.1. The van der Waals surface area contributed by atoms with Crippen molar-refractivity contribution in [2.24, 2.45) is 7.05 Å². The van der Waals surface area contributed by atoms with Crippen LogP contribution in [0.5, 0.6) is 0 Å². The molecular weight excluding hydrogens is 435 g/mol. The molecule has 0 bridgehead atoms. The van der Waals surface area contributed by atoms with Gasteiger partial charge in [-0.1, -0.05) is 0 Å². The lowest BCUT2D eigenvalue weighted by molar-refractivity contribution is -0.192. The predicted octanol–water partition coefficient (Wildman–Crippen LogP) is 3.85. The molecule has 0 aliphatic heterocycles. The molecule has 0 saturated carbocycles. The monoisotopic (exact) mass is 451 g/mol. The molecule has 0 radical (unpaired) electrons. The summed E-state index contributed by atoms with van der Waals surface area (Å²) in [5.41, 5.74) is 14.6. The second-order valence-electron chi connectivity index (χ2n) is 6.50. The Bertz CT molecular complexity index is 1330. The first-order chi connectivity index (χ1) is 14.4. The number of hydrogen-bond donors (Lipinski definition) is 3. The van der Waals surface area contributed by atoms with Crippen LogP contribution in [0.25, 0.3) is 32.2 Å². The highest BCUT2D eigenvalue weighted by Gasteiger charge is 2.38. The Morgan fingerprint density at radius 2 is 1.81 bits per heavy atom. The molecule has 0 spiro atoms. The number of nitrogens with two attached hydrogens (primary N) is 2. The van der Waals surface area contributed by atoms with E-state index in [1.807, 2.05) is 42.1 Å². The highest BCUT2D eigenvalue weighted by molar-refractivity contribution is 7.17. The van der Waals surface area contributed by atoms with Gasteiger partial charge in [-0.25, -0.2) is 9.78 Å². The molecule has 0 atom stereocenters. The van der Waals surface area contributed by atoms with Gasteiger partial charge >= 0.3 is 12.1 Å². The molecular formula is C19H16F3N5O3S. The third-order valence-corrected chi connectivity index (χ3v) is 5.54. The van der Waals surface area contributed by atoms with Crippen molar-refractivity contribution < 1.29 is 27.9 Å². The Hall–Kier alpha value is -3.67. The normalized spacial score (nSPS) is 11.4. The smallest absolute Gasteiger partial charge is 0.475 e. The lowest BCUT2D eigenvalue weighted by Gasteiger charge is -2.09. The molecule has 4 rings (SSSR count). The van der Waals surface area contributed by atoms with E-state index >= 15 is 0 Å². The van der Waals surface area contributed by atoms with E-state index in [1.54, 1.807) is 6.92 Å². The summed E-state index contributed by atoms with van der Waals surface area (Å²) < 4.78 is 33.8. The van der Waals surface area contributed by atoms with Gasteiger partial charge in [-0.05, 0) is 31.2 Å². The molecule has 0 fully saturated rings. The molecule has 0 aliphatic carbocycles. The van der Waals surface area contributed by atoms with Gasteiger partial charge in [0.2, 0.25) is 5.95 Å². The summed E-state index contributed by atoms with van der Waals surface area (Å²) in [7, 11) is 1.98. The molecule has 5 N–H and O–H groups in total. The maximum Gasteiger partial charge on any atom is 0.490 e. The van der Waals surface area contributed by atoms with Gasteiger partial charge in [-0.3, -0.25) is 4.79 Å². The number of fused-ring (bicyclic) bond motifs is 3. The molecule has 12 heteroatoms. The Morgan fingerprint density at radius 3 is 2.35 bits per heavy atom. The van der Waals surface area contributed by atoms with E-state index in [9.17, 15) is 18.0 Å². The zero-order valence-corrected chi connectivity index (χ0v) is 17.0. The topological polar surface area (TPSA) is 137 Å². The van der Waals surface area contributed by atoms with Crippen LogP contribution in [0.1, 0.15) is 16.6 Å². The average Bonchev–Trinajstić information content (AvgIpc) is 3.28.